The van der Waals surface area contributed by atoms with E-state index in [-0.39, 0.29) is 4.90 Å². The third-order valence-corrected chi connectivity index (χ3v) is 6.32. The van der Waals surface area contributed by atoms with Gasteiger partial charge in [0.2, 0.25) is 0 Å². The van der Waals surface area contributed by atoms with Crippen LogP contribution in [0.25, 0.3) is 5.57 Å². The molecule has 0 bridgehead atoms. The lowest BCUT2D eigenvalue weighted by Gasteiger charge is -2.15. The number of benzene rings is 3. The van der Waals surface area contributed by atoms with Gasteiger partial charge in [-0.1, -0.05) is 65.7 Å². The third kappa shape index (κ3) is 3.28. The van der Waals surface area contributed by atoms with E-state index >= 15 is 0 Å². The highest BCUT2D eigenvalue weighted by atomic mass is 32.2. The van der Waals surface area contributed by atoms with Crippen LogP contribution < -0.4 is 4.72 Å². The molecule has 4 heteroatoms. The van der Waals surface area contributed by atoms with Crippen molar-refractivity contribution in [2.75, 3.05) is 4.72 Å². The van der Waals surface area contributed by atoms with Crippen molar-refractivity contribution in [3.05, 3.63) is 101 Å². The summed E-state index contributed by atoms with van der Waals surface area (Å²) in [6, 6.07) is 22.8. The molecule has 3 aromatic carbocycles. The molecule has 3 nitrogen and oxygen atoms in total. The largest absolute Gasteiger partial charge is 0.279 e. The van der Waals surface area contributed by atoms with Crippen LogP contribution >= 0.6 is 0 Å². The zero-order valence-corrected chi connectivity index (χ0v) is 16.2. The molecule has 3 aromatic rings. The van der Waals surface area contributed by atoms with Gasteiger partial charge >= 0.3 is 0 Å². The maximum absolute atomic E-state index is 12.9. The molecule has 1 N–H and O–H groups in total. The van der Waals surface area contributed by atoms with Crippen molar-refractivity contribution >= 4 is 21.3 Å². The van der Waals surface area contributed by atoms with E-state index in [0.717, 1.165) is 23.1 Å². The molecule has 0 heterocycles. The quantitative estimate of drug-likeness (QED) is 0.683. The average molecular weight is 375 g/mol. The first-order valence-corrected chi connectivity index (χ1v) is 10.4. The Hall–Kier alpha value is -2.85. The monoisotopic (exact) mass is 375 g/mol. The Kier molecular flexibility index (Phi) is 4.36. The maximum atomic E-state index is 12.9. The Bertz CT molecular complexity index is 1140. The average Bonchev–Trinajstić information content (AvgIpc) is 2.98. The number of nitrogens with one attached hydrogen (secondary N) is 1. The van der Waals surface area contributed by atoms with Crippen LogP contribution in [0.3, 0.4) is 0 Å². The Morgan fingerprint density at radius 2 is 1.41 bits per heavy atom. The summed E-state index contributed by atoms with van der Waals surface area (Å²) in [4.78, 5) is 0.264. The molecule has 0 fully saturated rings. The van der Waals surface area contributed by atoms with E-state index in [0.29, 0.717) is 5.69 Å². The molecule has 136 valence electrons. The van der Waals surface area contributed by atoms with Crippen LogP contribution in [0.15, 0.2) is 83.3 Å². The van der Waals surface area contributed by atoms with Crippen LogP contribution in [0, 0.1) is 6.92 Å². The lowest BCUT2D eigenvalue weighted by molar-refractivity contribution is 0.601. The lowest BCUT2D eigenvalue weighted by Crippen LogP contribution is -2.14. The zero-order valence-electron chi connectivity index (χ0n) is 15.4. The van der Waals surface area contributed by atoms with E-state index in [1.807, 2.05) is 43.3 Å². The van der Waals surface area contributed by atoms with Crippen molar-refractivity contribution in [1.82, 2.24) is 0 Å². The van der Waals surface area contributed by atoms with Crippen molar-refractivity contribution in [1.29, 1.82) is 0 Å². The number of allylic oxidation sites excluding steroid dienone is 1. The summed E-state index contributed by atoms with van der Waals surface area (Å²) in [6.07, 6.45) is 0.893. The molecule has 0 saturated heterocycles. The molecule has 0 aliphatic heterocycles. The summed E-state index contributed by atoms with van der Waals surface area (Å²) in [6.45, 7) is 4.05. The fraction of sp³-hybridized carbons (Fsp3) is 0.130. The molecule has 1 aliphatic rings. The minimum atomic E-state index is -3.65. The normalized spacial score (nSPS) is 13.6. The van der Waals surface area contributed by atoms with Crippen LogP contribution in [0.4, 0.5) is 5.69 Å². The highest BCUT2D eigenvalue weighted by Crippen LogP contribution is 2.40. The fourth-order valence-corrected chi connectivity index (χ4v) is 4.69. The van der Waals surface area contributed by atoms with Gasteiger partial charge in [0, 0.05) is 5.56 Å². The van der Waals surface area contributed by atoms with Gasteiger partial charge in [-0.25, -0.2) is 8.42 Å². The van der Waals surface area contributed by atoms with E-state index in [1.54, 1.807) is 24.3 Å². The van der Waals surface area contributed by atoms with Gasteiger partial charge in [-0.2, -0.15) is 0 Å². The number of rotatable bonds is 4. The first kappa shape index (κ1) is 17.6. The van der Waals surface area contributed by atoms with Crippen LogP contribution in [0.5, 0.6) is 0 Å². The van der Waals surface area contributed by atoms with E-state index in [9.17, 15) is 8.42 Å². The highest BCUT2D eigenvalue weighted by molar-refractivity contribution is 7.92. The van der Waals surface area contributed by atoms with Crippen LogP contribution in [-0.2, 0) is 16.4 Å². The molecule has 0 radical (unpaired) electrons. The molecule has 0 aromatic heterocycles. The molecule has 0 unspecified atom stereocenters. The fourth-order valence-electron chi connectivity index (χ4n) is 3.61. The Morgan fingerprint density at radius 3 is 2.15 bits per heavy atom. The first-order chi connectivity index (χ1) is 13.0. The Balaban J connectivity index is 1.77. The van der Waals surface area contributed by atoms with Crippen molar-refractivity contribution in [3.8, 4) is 0 Å². The number of anilines is 1. The summed E-state index contributed by atoms with van der Waals surface area (Å²) in [5.74, 6) is 0. The van der Waals surface area contributed by atoms with Gasteiger partial charge in [0.15, 0.2) is 0 Å². The zero-order chi connectivity index (χ0) is 19.0. The lowest BCUT2D eigenvalue weighted by atomic mass is 9.96. The topological polar surface area (TPSA) is 46.2 Å². The number of hydrogen-bond acceptors (Lipinski definition) is 2. The summed E-state index contributed by atoms with van der Waals surface area (Å²) >= 11 is 0. The number of para-hydroxylation sites is 1. The summed E-state index contributed by atoms with van der Waals surface area (Å²) in [7, 11) is -3.65. The minimum Gasteiger partial charge on any atom is -0.279 e. The molecule has 4 rings (SSSR count). The predicted molar refractivity (Wildman–Crippen MR) is 110 cm³/mol. The number of fused-ring (bicyclic) bond motifs is 1. The van der Waals surface area contributed by atoms with Gasteiger partial charge in [-0.3, -0.25) is 4.72 Å². The van der Waals surface area contributed by atoms with Crippen molar-refractivity contribution in [3.63, 3.8) is 0 Å². The second kappa shape index (κ2) is 6.71. The molecule has 1 aliphatic carbocycles. The number of sulfonamides is 1. The van der Waals surface area contributed by atoms with Gasteiger partial charge in [-0.05, 0) is 55.2 Å². The first-order valence-electron chi connectivity index (χ1n) is 8.92. The van der Waals surface area contributed by atoms with E-state index < -0.39 is 10.0 Å². The Labute approximate surface area is 160 Å². The predicted octanol–water partition coefficient (Wildman–Crippen LogP) is 5.17. The van der Waals surface area contributed by atoms with Gasteiger partial charge < -0.3 is 0 Å². The molecule has 0 atom stereocenters. The third-order valence-electron chi connectivity index (χ3n) is 4.94. The smallest absolute Gasteiger partial charge is 0.261 e. The summed E-state index contributed by atoms with van der Waals surface area (Å²) < 4.78 is 28.5. The summed E-state index contributed by atoms with van der Waals surface area (Å²) in [5, 5.41) is 0. The van der Waals surface area contributed by atoms with Crippen LogP contribution in [0.1, 0.15) is 29.2 Å². The standard InChI is InChI=1S/C23H21NO2S/c1-16-11-13-19(14-12-16)27(25,26)24-22-10-6-5-9-21(22)23-17(2)15-18-7-3-4-8-20(18)23/h3-14,24H,15H2,1-2H3. The number of hydrogen-bond donors (Lipinski definition) is 1. The maximum Gasteiger partial charge on any atom is 0.261 e. The van der Waals surface area contributed by atoms with Gasteiger partial charge in [-0.15, -0.1) is 0 Å². The second-order valence-corrected chi connectivity index (χ2v) is 8.64. The van der Waals surface area contributed by atoms with Crippen molar-refractivity contribution < 1.29 is 8.42 Å². The second-order valence-electron chi connectivity index (χ2n) is 6.95. The SMILES string of the molecule is CC1=C(c2ccccc2NS(=O)(=O)c2ccc(C)cc2)c2ccccc2C1. The molecule has 0 saturated carbocycles. The number of aryl methyl sites for hydroxylation is 1. The molecule has 27 heavy (non-hydrogen) atoms. The van der Waals surface area contributed by atoms with Crippen molar-refractivity contribution in [2.45, 2.75) is 25.2 Å². The minimum absolute atomic E-state index is 0.264. The molecule has 0 amide bonds. The van der Waals surface area contributed by atoms with E-state index in [2.05, 4.69) is 23.8 Å². The van der Waals surface area contributed by atoms with Crippen LogP contribution in [-0.4, -0.2) is 8.42 Å². The summed E-state index contributed by atoms with van der Waals surface area (Å²) in [5.41, 5.74) is 7.36. The van der Waals surface area contributed by atoms with Gasteiger partial charge in [0.05, 0.1) is 10.6 Å². The van der Waals surface area contributed by atoms with Crippen LogP contribution in [0.2, 0.25) is 0 Å². The van der Waals surface area contributed by atoms with Gasteiger partial charge in [0.25, 0.3) is 10.0 Å². The highest BCUT2D eigenvalue weighted by Gasteiger charge is 2.23. The molecular formula is C23H21NO2S. The molecule has 0 spiro atoms. The Morgan fingerprint density at radius 1 is 0.778 bits per heavy atom. The van der Waals surface area contributed by atoms with Gasteiger partial charge in [0.1, 0.15) is 0 Å². The van der Waals surface area contributed by atoms with E-state index in [4.69, 9.17) is 0 Å². The molecular weight excluding hydrogens is 354 g/mol. The van der Waals surface area contributed by atoms with E-state index in [1.165, 1.54) is 16.7 Å². The van der Waals surface area contributed by atoms with Crippen molar-refractivity contribution in [2.24, 2.45) is 0 Å².